The molecule has 0 bridgehead atoms. The number of carbonyl (C=O) groups is 2. The average molecular weight is 272 g/mol. The highest BCUT2D eigenvalue weighted by Gasteiger charge is 2.27. The van der Waals surface area contributed by atoms with Gasteiger partial charge in [-0.05, 0) is 32.1 Å². The number of aliphatic carboxylic acids is 1. The second kappa shape index (κ2) is 7.33. The van der Waals surface area contributed by atoms with Crippen LogP contribution in [0.15, 0.2) is 0 Å². The summed E-state index contributed by atoms with van der Waals surface area (Å²) in [6.45, 7) is 4.87. The van der Waals surface area contributed by atoms with Crippen molar-refractivity contribution in [2.24, 2.45) is 5.92 Å². The number of urea groups is 1. The smallest absolute Gasteiger partial charge is 0.317 e. The Labute approximate surface area is 113 Å². The molecule has 6 heteroatoms. The Bertz CT molecular complexity index is 322. The minimum atomic E-state index is -0.813. The van der Waals surface area contributed by atoms with E-state index in [1.807, 2.05) is 13.8 Å². The van der Waals surface area contributed by atoms with Gasteiger partial charge in [0.15, 0.2) is 0 Å². The zero-order valence-electron chi connectivity index (χ0n) is 11.6. The van der Waals surface area contributed by atoms with Crippen LogP contribution in [0.1, 0.15) is 39.5 Å². The first-order chi connectivity index (χ1) is 8.90. The van der Waals surface area contributed by atoms with Crippen molar-refractivity contribution in [2.45, 2.75) is 51.7 Å². The number of β-amino-alcohol motifs (C(OH)–C–C–N with tert-alkyl or cyclic N) is 1. The Morgan fingerprint density at radius 3 is 2.74 bits per heavy atom. The minimum absolute atomic E-state index is 0.0525. The van der Waals surface area contributed by atoms with Crippen molar-refractivity contribution in [3.63, 3.8) is 0 Å². The van der Waals surface area contributed by atoms with Gasteiger partial charge in [-0.3, -0.25) is 4.79 Å². The second-order valence-electron chi connectivity index (χ2n) is 5.42. The van der Waals surface area contributed by atoms with Gasteiger partial charge in [-0.1, -0.05) is 6.92 Å². The average Bonchev–Trinajstić information content (AvgIpc) is 2.32. The fourth-order valence-corrected chi connectivity index (χ4v) is 2.17. The molecular weight excluding hydrogens is 248 g/mol. The number of likely N-dealkylation sites (tertiary alicyclic amines) is 1. The first-order valence-electron chi connectivity index (χ1n) is 6.85. The van der Waals surface area contributed by atoms with E-state index in [9.17, 15) is 14.7 Å². The van der Waals surface area contributed by atoms with Gasteiger partial charge in [-0.25, -0.2) is 4.79 Å². The Morgan fingerprint density at radius 2 is 2.16 bits per heavy atom. The molecule has 3 N–H and O–H groups in total. The number of aliphatic hydroxyl groups excluding tert-OH is 1. The monoisotopic (exact) mass is 272 g/mol. The van der Waals surface area contributed by atoms with Gasteiger partial charge in [-0.2, -0.15) is 0 Å². The number of carbonyl (C=O) groups excluding carboxylic acids is 1. The lowest BCUT2D eigenvalue weighted by atomic mass is 9.96. The largest absolute Gasteiger partial charge is 0.481 e. The standard InChI is InChI=1S/C13H24N2O4/c1-9-6-7-15(8-11(9)16)13(19)14-10(2)4-3-5-12(17)18/h9-11,16H,3-8H2,1-2H3,(H,14,19)(H,17,18). The number of hydrogen-bond donors (Lipinski definition) is 3. The molecular formula is C13H24N2O4. The van der Waals surface area contributed by atoms with Crippen LogP contribution in [0.5, 0.6) is 0 Å². The Hall–Kier alpha value is -1.30. The van der Waals surface area contributed by atoms with E-state index >= 15 is 0 Å². The number of piperidine rings is 1. The molecule has 1 aliphatic heterocycles. The molecule has 0 radical (unpaired) electrons. The molecule has 0 aliphatic carbocycles. The van der Waals surface area contributed by atoms with Gasteiger partial charge in [0.2, 0.25) is 0 Å². The normalized spacial score (nSPS) is 24.9. The van der Waals surface area contributed by atoms with Crippen molar-refractivity contribution >= 4 is 12.0 Å². The number of hydrogen-bond acceptors (Lipinski definition) is 3. The number of nitrogens with zero attached hydrogens (tertiary/aromatic N) is 1. The van der Waals surface area contributed by atoms with Gasteiger partial charge in [0.1, 0.15) is 0 Å². The molecule has 1 aliphatic rings. The van der Waals surface area contributed by atoms with Crippen molar-refractivity contribution < 1.29 is 19.8 Å². The lowest BCUT2D eigenvalue weighted by Crippen LogP contribution is -2.51. The van der Waals surface area contributed by atoms with Crippen LogP contribution in [-0.4, -0.2) is 52.3 Å². The summed E-state index contributed by atoms with van der Waals surface area (Å²) in [5, 5.41) is 21.1. The van der Waals surface area contributed by atoms with Crippen LogP contribution in [0.2, 0.25) is 0 Å². The van der Waals surface area contributed by atoms with Crippen molar-refractivity contribution in [3.05, 3.63) is 0 Å². The quantitative estimate of drug-likeness (QED) is 0.697. The summed E-state index contributed by atoms with van der Waals surface area (Å²) in [7, 11) is 0. The van der Waals surface area contributed by atoms with Gasteiger partial charge in [0.25, 0.3) is 0 Å². The Kier molecular flexibility index (Phi) is 6.08. The third-order valence-electron chi connectivity index (χ3n) is 3.60. The number of amides is 2. The maximum Gasteiger partial charge on any atom is 0.317 e. The highest BCUT2D eigenvalue weighted by atomic mass is 16.4. The predicted octanol–water partition coefficient (Wildman–Crippen LogP) is 1.04. The van der Waals surface area contributed by atoms with Crippen molar-refractivity contribution in [2.75, 3.05) is 13.1 Å². The third-order valence-corrected chi connectivity index (χ3v) is 3.60. The summed E-state index contributed by atoms with van der Waals surface area (Å²) in [6.07, 6.45) is 1.67. The van der Waals surface area contributed by atoms with Gasteiger partial charge in [-0.15, -0.1) is 0 Å². The summed E-state index contributed by atoms with van der Waals surface area (Å²) in [6, 6.07) is -0.225. The molecule has 2 amide bonds. The fraction of sp³-hybridized carbons (Fsp3) is 0.846. The molecule has 0 spiro atoms. The van der Waals surface area contributed by atoms with Crippen LogP contribution in [0.4, 0.5) is 4.79 Å². The van der Waals surface area contributed by atoms with Crippen LogP contribution in [0, 0.1) is 5.92 Å². The SMILES string of the molecule is CC(CCCC(=O)O)NC(=O)N1CCC(C)C(O)C1. The van der Waals surface area contributed by atoms with Gasteiger partial charge < -0.3 is 20.4 Å². The van der Waals surface area contributed by atoms with E-state index in [0.29, 0.717) is 25.9 Å². The van der Waals surface area contributed by atoms with E-state index < -0.39 is 12.1 Å². The summed E-state index contributed by atoms with van der Waals surface area (Å²) in [4.78, 5) is 24.0. The van der Waals surface area contributed by atoms with E-state index in [1.54, 1.807) is 4.90 Å². The molecule has 0 aromatic carbocycles. The van der Waals surface area contributed by atoms with Gasteiger partial charge in [0, 0.05) is 25.6 Å². The molecule has 0 aromatic heterocycles. The van der Waals surface area contributed by atoms with Crippen LogP contribution >= 0.6 is 0 Å². The van der Waals surface area contributed by atoms with Crippen molar-refractivity contribution in [3.8, 4) is 0 Å². The number of nitrogens with one attached hydrogen (secondary N) is 1. The van der Waals surface area contributed by atoms with Crippen molar-refractivity contribution in [1.82, 2.24) is 10.2 Å². The molecule has 1 heterocycles. The third kappa shape index (κ3) is 5.46. The first kappa shape index (κ1) is 15.8. The topological polar surface area (TPSA) is 89.9 Å². The maximum atomic E-state index is 11.9. The molecule has 1 saturated heterocycles. The first-order valence-corrected chi connectivity index (χ1v) is 6.85. The van der Waals surface area contributed by atoms with E-state index in [1.165, 1.54) is 0 Å². The molecule has 19 heavy (non-hydrogen) atoms. The molecule has 110 valence electrons. The highest BCUT2D eigenvalue weighted by molar-refractivity contribution is 5.74. The maximum absolute atomic E-state index is 11.9. The van der Waals surface area contributed by atoms with E-state index in [4.69, 9.17) is 5.11 Å². The van der Waals surface area contributed by atoms with Gasteiger partial charge in [0.05, 0.1) is 6.10 Å². The van der Waals surface area contributed by atoms with Crippen LogP contribution in [0.25, 0.3) is 0 Å². The molecule has 6 nitrogen and oxygen atoms in total. The van der Waals surface area contributed by atoms with E-state index in [-0.39, 0.29) is 24.4 Å². The molecule has 3 atom stereocenters. The highest BCUT2D eigenvalue weighted by Crippen LogP contribution is 2.17. The Balaban J connectivity index is 2.28. The summed E-state index contributed by atoms with van der Waals surface area (Å²) in [5.41, 5.74) is 0. The summed E-state index contributed by atoms with van der Waals surface area (Å²) in [5.74, 6) is -0.580. The van der Waals surface area contributed by atoms with Crippen molar-refractivity contribution in [1.29, 1.82) is 0 Å². The zero-order chi connectivity index (χ0) is 14.4. The lowest BCUT2D eigenvalue weighted by molar-refractivity contribution is -0.137. The molecule has 1 rings (SSSR count). The second-order valence-corrected chi connectivity index (χ2v) is 5.42. The van der Waals surface area contributed by atoms with Crippen LogP contribution in [0.3, 0.4) is 0 Å². The molecule has 0 saturated carbocycles. The van der Waals surface area contributed by atoms with E-state index in [2.05, 4.69) is 5.32 Å². The number of carboxylic acid groups (broad SMARTS) is 1. The number of aliphatic hydroxyl groups is 1. The fourth-order valence-electron chi connectivity index (χ4n) is 2.17. The number of rotatable bonds is 5. The number of carboxylic acids is 1. The predicted molar refractivity (Wildman–Crippen MR) is 70.8 cm³/mol. The van der Waals surface area contributed by atoms with E-state index in [0.717, 1.165) is 6.42 Å². The Morgan fingerprint density at radius 1 is 1.47 bits per heavy atom. The molecule has 0 aromatic rings. The van der Waals surface area contributed by atoms with Gasteiger partial charge >= 0.3 is 12.0 Å². The van der Waals surface area contributed by atoms with Crippen LogP contribution in [-0.2, 0) is 4.79 Å². The van der Waals surface area contributed by atoms with Crippen LogP contribution < -0.4 is 5.32 Å². The summed E-state index contributed by atoms with van der Waals surface area (Å²) < 4.78 is 0. The lowest BCUT2D eigenvalue weighted by Gasteiger charge is -2.34. The minimum Gasteiger partial charge on any atom is -0.481 e. The molecule has 3 unspecified atom stereocenters. The zero-order valence-corrected chi connectivity index (χ0v) is 11.6. The molecule has 1 fully saturated rings. The summed E-state index contributed by atoms with van der Waals surface area (Å²) >= 11 is 0.